The van der Waals surface area contributed by atoms with E-state index in [4.69, 9.17) is 22.2 Å². The highest BCUT2D eigenvalue weighted by Crippen LogP contribution is 2.16. The van der Waals surface area contributed by atoms with Gasteiger partial charge >= 0.3 is 0 Å². The van der Waals surface area contributed by atoms with E-state index in [0.29, 0.717) is 11.1 Å². The third-order valence-electron chi connectivity index (χ3n) is 3.28. The normalized spacial score (nSPS) is 9.56. The van der Waals surface area contributed by atoms with Gasteiger partial charge in [0.2, 0.25) is 0 Å². The minimum Gasteiger partial charge on any atom is -0.497 e. The predicted octanol–water partition coefficient (Wildman–Crippen LogP) is 4.72. The smallest absolute Gasteiger partial charge is 0.268 e. The molecule has 0 atom stereocenters. The summed E-state index contributed by atoms with van der Waals surface area (Å²) in [5, 5.41) is 0.824. The van der Waals surface area contributed by atoms with Gasteiger partial charge in [0.15, 0.2) is 0 Å². The summed E-state index contributed by atoms with van der Waals surface area (Å²) in [5.74, 6) is 6.27. The second-order valence-corrected chi connectivity index (χ2v) is 6.56. The Morgan fingerprint density at radius 1 is 0.926 bits per heavy atom. The van der Waals surface area contributed by atoms with Gasteiger partial charge in [-0.15, -0.1) is 24.8 Å². The van der Waals surface area contributed by atoms with Crippen molar-refractivity contribution in [3.8, 4) is 5.75 Å². The highest BCUT2D eigenvalue weighted by Gasteiger charge is 2.24. The van der Waals surface area contributed by atoms with Gasteiger partial charge in [-0.1, -0.05) is 30.3 Å². The minimum absolute atomic E-state index is 0. The lowest BCUT2D eigenvalue weighted by atomic mass is 10.1. The fraction of sp³-hybridized carbons (Fsp3) is 0.263. The van der Waals surface area contributed by atoms with Crippen LogP contribution in [0.2, 0.25) is 0 Å². The quantitative estimate of drug-likeness (QED) is 0.328. The van der Waals surface area contributed by atoms with Crippen LogP contribution in [0.1, 0.15) is 41.5 Å². The van der Waals surface area contributed by atoms with Gasteiger partial charge in [-0.2, -0.15) is 0 Å². The molecular formula is C19H25Cl3N2O3. The minimum atomic E-state index is -0.407. The van der Waals surface area contributed by atoms with Crippen molar-refractivity contribution in [2.24, 2.45) is 5.84 Å². The van der Waals surface area contributed by atoms with Crippen molar-refractivity contribution >= 4 is 47.6 Å². The van der Waals surface area contributed by atoms with E-state index in [-0.39, 0.29) is 30.7 Å². The van der Waals surface area contributed by atoms with E-state index >= 15 is 0 Å². The largest absolute Gasteiger partial charge is 0.497 e. The Morgan fingerprint density at radius 3 is 1.74 bits per heavy atom. The second kappa shape index (κ2) is 12.6. The number of nitrogens with zero attached hydrogens (tertiary/aromatic N) is 1. The molecular weight excluding hydrogens is 411 g/mol. The molecule has 0 aliphatic heterocycles. The highest BCUT2D eigenvalue weighted by molar-refractivity contribution is 6.67. The van der Waals surface area contributed by atoms with E-state index in [2.05, 4.69) is 0 Å². The Morgan fingerprint density at radius 2 is 1.41 bits per heavy atom. The molecule has 0 saturated carbocycles. The molecule has 0 aliphatic rings. The van der Waals surface area contributed by atoms with Gasteiger partial charge in [-0.25, -0.2) is 5.84 Å². The Labute approximate surface area is 177 Å². The molecule has 0 radical (unpaired) electrons. The monoisotopic (exact) mass is 434 g/mol. The lowest BCUT2D eigenvalue weighted by Gasteiger charge is -2.31. The molecule has 2 N–H and O–H groups in total. The number of amides is 1. The van der Waals surface area contributed by atoms with Gasteiger partial charge in [0, 0.05) is 11.1 Å². The van der Waals surface area contributed by atoms with Crippen LogP contribution >= 0.6 is 36.4 Å². The van der Waals surface area contributed by atoms with Crippen LogP contribution in [0.4, 0.5) is 0 Å². The van der Waals surface area contributed by atoms with E-state index in [1.165, 1.54) is 5.01 Å². The molecule has 0 fully saturated rings. The summed E-state index contributed by atoms with van der Waals surface area (Å²) in [6, 6.07) is 15.6. The molecule has 27 heavy (non-hydrogen) atoms. The fourth-order valence-corrected chi connectivity index (χ4v) is 1.87. The van der Waals surface area contributed by atoms with Crippen molar-refractivity contribution in [1.29, 1.82) is 0 Å². The van der Waals surface area contributed by atoms with Crippen LogP contribution in [-0.4, -0.2) is 28.8 Å². The first-order chi connectivity index (χ1) is 11.7. The lowest BCUT2D eigenvalue weighted by Crippen LogP contribution is -2.50. The molecule has 1 amide bonds. The number of ether oxygens (including phenoxy) is 1. The average molecular weight is 436 g/mol. The Kier molecular flexibility index (Phi) is 12.8. The molecule has 0 aromatic heterocycles. The summed E-state index contributed by atoms with van der Waals surface area (Å²) < 4.78 is 5.02. The maximum Gasteiger partial charge on any atom is 0.268 e. The van der Waals surface area contributed by atoms with Crippen molar-refractivity contribution in [2.45, 2.75) is 26.3 Å². The van der Waals surface area contributed by atoms with E-state index in [1.54, 1.807) is 55.6 Å². The number of hydrogen-bond donors (Lipinski definition) is 1. The number of rotatable bonds is 3. The molecule has 0 bridgehead atoms. The first-order valence-corrected chi connectivity index (χ1v) is 8.03. The van der Waals surface area contributed by atoms with Crippen LogP contribution in [0.5, 0.6) is 5.75 Å². The number of halogens is 3. The van der Waals surface area contributed by atoms with E-state index < -0.39 is 10.8 Å². The highest BCUT2D eigenvalue weighted by atomic mass is 35.5. The van der Waals surface area contributed by atoms with Gasteiger partial charge in [0.05, 0.1) is 12.6 Å². The number of carbonyl (C=O) groups is 2. The number of benzene rings is 2. The summed E-state index contributed by atoms with van der Waals surface area (Å²) in [4.78, 5) is 22.4. The number of nitrogens with two attached hydrogens (primary N) is 1. The third-order valence-corrected chi connectivity index (χ3v) is 3.50. The van der Waals surface area contributed by atoms with Crippen LogP contribution in [0.15, 0.2) is 54.6 Å². The van der Waals surface area contributed by atoms with Gasteiger partial charge in [-0.3, -0.25) is 14.6 Å². The molecule has 0 heterocycles. The SMILES string of the molecule is COc1ccc(C(=O)N(N)C(C)(C)C)cc1.Cl.Cl.O=C(Cl)c1ccccc1. The van der Waals surface area contributed by atoms with Gasteiger partial charge in [0.25, 0.3) is 11.1 Å². The zero-order valence-corrected chi connectivity index (χ0v) is 18.0. The van der Waals surface area contributed by atoms with Crippen LogP contribution in [0.3, 0.4) is 0 Å². The summed E-state index contributed by atoms with van der Waals surface area (Å²) in [7, 11) is 1.58. The van der Waals surface area contributed by atoms with Gasteiger partial charge < -0.3 is 4.74 Å². The van der Waals surface area contributed by atoms with Crippen LogP contribution in [-0.2, 0) is 0 Å². The number of carbonyl (C=O) groups excluding carboxylic acids is 2. The molecule has 8 heteroatoms. The van der Waals surface area contributed by atoms with Crippen molar-refractivity contribution in [3.05, 3.63) is 65.7 Å². The summed E-state index contributed by atoms with van der Waals surface area (Å²) in [5.41, 5.74) is 0.703. The van der Waals surface area contributed by atoms with Crippen molar-refractivity contribution in [3.63, 3.8) is 0 Å². The fourth-order valence-electron chi connectivity index (χ4n) is 1.75. The maximum absolute atomic E-state index is 12.0. The number of methoxy groups -OCH3 is 1. The van der Waals surface area contributed by atoms with E-state index in [9.17, 15) is 9.59 Å². The number of hydrazine groups is 1. The molecule has 0 saturated heterocycles. The lowest BCUT2D eigenvalue weighted by molar-refractivity contribution is 0.0581. The molecule has 2 aromatic rings. The van der Waals surface area contributed by atoms with E-state index in [1.807, 2.05) is 26.8 Å². The third kappa shape index (κ3) is 9.11. The van der Waals surface area contributed by atoms with Gasteiger partial charge in [0.1, 0.15) is 5.75 Å². The van der Waals surface area contributed by atoms with Crippen LogP contribution in [0.25, 0.3) is 0 Å². The first-order valence-electron chi connectivity index (χ1n) is 7.65. The molecule has 150 valence electrons. The molecule has 0 aliphatic carbocycles. The first kappa shape index (κ1) is 27.4. The average Bonchev–Trinajstić information content (AvgIpc) is 2.61. The van der Waals surface area contributed by atoms with Crippen molar-refractivity contribution in [1.82, 2.24) is 5.01 Å². The molecule has 2 aromatic carbocycles. The van der Waals surface area contributed by atoms with E-state index in [0.717, 1.165) is 5.75 Å². The molecule has 0 spiro atoms. The van der Waals surface area contributed by atoms with Crippen LogP contribution in [0, 0.1) is 0 Å². The van der Waals surface area contributed by atoms with Gasteiger partial charge in [-0.05, 0) is 56.6 Å². The summed E-state index contributed by atoms with van der Waals surface area (Å²) in [6.45, 7) is 5.65. The standard InChI is InChI=1S/C12H18N2O2.C7H5ClO.2ClH/c1-12(2,3)14(13)11(15)9-5-7-10(16-4)8-6-9;8-7(9)6-4-2-1-3-5-6;;/h5-8H,13H2,1-4H3;1-5H;2*1H. The number of hydrogen-bond acceptors (Lipinski definition) is 4. The Bertz CT molecular complexity index is 702. The van der Waals surface area contributed by atoms with Crippen molar-refractivity contribution < 1.29 is 14.3 Å². The Hall–Kier alpha value is -1.79. The summed E-state index contributed by atoms with van der Waals surface area (Å²) >= 11 is 5.16. The topological polar surface area (TPSA) is 72.6 Å². The maximum atomic E-state index is 12.0. The molecule has 2 rings (SSSR count). The van der Waals surface area contributed by atoms with Crippen molar-refractivity contribution in [2.75, 3.05) is 7.11 Å². The Balaban J connectivity index is 0. The molecule has 0 unspecified atom stereocenters. The van der Waals surface area contributed by atoms with Crippen LogP contribution < -0.4 is 10.6 Å². The zero-order valence-electron chi connectivity index (χ0n) is 15.6. The summed E-state index contributed by atoms with van der Waals surface area (Å²) in [6.07, 6.45) is 0. The zero-order chi connectivity index (χ0) is 19.0. The predicted molar refractivity (Wildman–Crippen MR) is 114 cm³/mol. The second-order valence-electron chi connectivity index (χ2n) is 6.21. The molecule has 5 nitrogen and oxygen atoms in total.